The maximum atomic E-state index is 10.9. The third-order valence-electron chi connectivity index (χ3n) is 4.45. The molecule has 126 valence electrons. The van der Waals surface area contributed by atoms with E-state index in [1.54, 1.807) is 7.11 Å². The van der Waals surface area contributed by atoms with E-state index in [-0.39, 0.29) is 12.3 Å². The molecule has 1 unspecified atom stereocenters. The fourth-order valence-corrected chi connectivity index (χ4v) is 3.37. The first-order valence-corrected chi connectivity index (χ1v) is 8.33. The minimum atomic E-state index is -0.754. The molecule has 0 radical (unpaired) electrons. The Bertz CT molecular complexity index is 730. The summed E-state index contributed by atoms with van der Waals surface area (Å²) in [6.07, 6.45) is 0.808. The van der Waals surface area contributed by atoms with Gasteiger partial charge in [0.1, 0.15) is 5.75 Å². The van der Waals surface area contributed by atoms with Crippen molar-refractivity contribution in [1.82, 2.24) is 0 Å². The largest absolute Gasteiger partial charge is 0.497 e. The third kappa shape index (κ3) is 3.65. The number of halogens is 1. The summed E-state index contributed by atoms with van der Waals surface area (Å²) in [7, 11) is 1.65. The maximum Gasteiger partial charge on any atom is 0.303 e. The highest BCUT2D eigenvalue weighted by Gasteiger charge is 2.29. The van der Waals surface area contributed by atoms with Gasteiger partial charge in [0.05, 0.1) is 7.11 Å². The molecule has 2 aromatic carbocycles. The van der Waals surface area contributed by atoms with Crippen LogP contribution in [0.2, 0.25) is 5.02 Å². The monoisotopic (exact) mass is 345 g/mol. The van der Waals surface area contributed by atoms with Crippen LogP contribution in [0.4, 0.5) is 5.69 Å². The average Bonchev–Trinajstić information content (AvgIpc) is 2.92. The predicted molar refractivity (Wildman–Crippen MR) is 95.1 cm³/mol. The third-order valence-corrected chi connectivity index (χ3v) is 4.70. The summed E-state index contributed by atoms with van der Waals surface area (Å²) >= 11 is 5.95. The Balaban J connectivity index is 1.84. The van der Waals surface area contributed by atoms with Crippen LogP contribution >= 0.6 is 11.6 Å². The molecular formula is C19H20ClNO3. The highest BCUT2D eigenvalue weighted by atomic mass is 35.5. The van der Waals surface area contributed by atoms with Gasteiger partial charge < -0.3 is 14.7 Å². The van der Waals surface area contributed by atoms with E-state index in [0.717, 1.165) is 29.5 Å². The van der Waals surface area contributed by atoms with Gasteiger partial charge in [-0.3, -0.25) is 4.79 Å². The van der Waals surface area contributed by atoms with Crippen molar-refractivity contribution in [3.8, 4) is 5.75 Å². The molecule has 2 aromatic rings. The topological polar surface area (TPSA) is 49.8 Å². The summed E-state index contributed by atoms with van der Waals surface area (Å²) in [6.45, 7) is 1.60. The number of anilines is 1. The van der Waals surface area contributed by atoms with Crippen molar-refractivity contribution in [3.63, 3.8) is 0 Å². The highest BCUT2D eigenvalue weighted by Crippen LogP contribution is 2.41. The van der Waals surface area contributed by atoms with Crippen molar-refractivity contribution in [2.45, 2.75) is 25.3 Å². The normalized spacial score (nSPS) is 16.1. The minimum Gasteiger partial charge on any atom is -0.497 e. The molecule has 0 spiro atoms. The van der Waals surface area contributed by atoms with Gasteiger partial charge in [0.15, 0.2) is 0 Å². The van der Waals surface area contributed by atoms with Gasteiger partial charge in [0, 0.05) is 36.1 Å². The second-order valence-electron chi connectivity index (χ2n) is 6.06. The first-order valence-electron chi connectivity index (χ1n) is 7.96. The number of carboxylic acid groups (broad SMARTS) is 1. The number of rotatable bonds is 6. The number of methoxy groups -OCH3 is 1. The van der Waals surface area contributed by atoms with E-state index in [0.29, 0.717) is 6.42 Å². The Morgan fingerprint density at radius 1 is 1.29 bits per heavy atom. The van der Waals surface area contributed by atoms with E-state index in [9.17, 15) is 4.79 Å². The molecule has 0 amide bonds. The number of hydrogen-bond donors (Lipinski definition) is 1. The maximum absolute atomic E-state index is 10.9. The first kappa shape index (κ1) is 16.7. The molecule has 1 N–H and O–H groups in total. The average molecular weight is 346 g/mol. The number of hydrogen-bond acceptors (Lipinski definition) is 3. The Hall–Kier alpha value is -2.20. The molecule has 3 rings (SSSR count). The van der Waals surface area contributed by atoms with Crippen molar-refractivity contribution in [2.24, 2.45) is 0 Å². The standard InChI is InChI=1S/C19H20ClNO3/c1-24-16-7-8-18-17(10-16)14(4-9-19(22)23)12-21(18)11-13-2-5-15(20)6-3-13/h2-3,5-8,10,14H,4,9,11-12H2,1H3,(H,22,23). The molecule has 1 heterocycles. The summed E-state index contributed by atoms with van der Waals surface area (Å²) < 4.78 is 5.33. The fraction of sp³-hybridized carbons (Fsp3) is 0.316. The van der Waals surface area contributed by atoms with E-state index in [1.807, 2.05) is 36.4 Å². The molecule has 0 aliphatic carbocycles. The lowest BCUT2D eigenvalue weighted by molar-refractivity contribution is -0.137. The van der Waals surface area contributed by atoms with Gasteiger partial charge in [0.25, 0.3) is 0 Å². The summed E-state index contributed by atoms with van der Waals surface area (Å²) in [4.78, 5) is 13.2. The van der Waals surface area contributed by atoms with Crippen molar-refractivity contribution in [1.29, 1.82) is 0 Å². The number of carbonyl (C=O) groups is 1. The molecule has 1 aliphatic rings. The van der Waals surface area contributed by atoms with Gasteiger partial charge in [-0.2, -0.15) is 0 Å². The second-order valence-corrected chi connectivity index (χ2v) is 6.50. The van der Waals surface area contributed by atoms with Crippen molar-refractivity contribution in [2.75, 3.05) is 18.6 Å². The Morgan fingerprint density at radius 3 is 2.71 bits per heavy atom. The zero-order chi connectivity index (χ0) is 17.1. The molecule has 0 saturated heterocycles. The molecule has 4 nitrogen and oxygen atoms in total. The van der Waals surface area contributed by atoms with Crippen LogP contribution < -0.4 is 9.64 Å². The Kier molecular flexibility index (Phi) is 4.95. The van der Waals surface area contributed by atoms with Gasteiger partial charge in [-0.1, -0.05) is 23.7 Å². The summed E-state index contributed by atoms with van der Waals surface area (Å²) in [5.41, 5.74) is 3.51. The van der Waals surface area contributed by atoms with Gasteiger partial charge in [0.2, 0.25) is 0 Å². The van der Waals surface area contributed by atoms with Gasteiger partial charge in [-0.25, -0.2) is 0 Å². The number of ether oxygens (including phenoxy) is 1. The van der Waals surface area contributed by atoms with Crippen molar-refractivity contribution in [3.05, 3.63) is 58.6 Å². The van der Waals surface area contributed by atoms with Crippen LogP contribution in [0.25, 0.3) is 0 Å². The van der Waals surface area contributed by atoms with Gasteiger partial charge in [-0.15, -0.1) is 0 Å². The van der Waals surface area contributed by atoms with Crippen LogP contribution in [0.5, 0.6) is 5.75 Å². The lowest BCUT2D eigenvalue weighted by Crippen LogP contribution is -2.21. The molecule has 5 heteroatoms. The lowest BCUT2D eigenvalue weighted by atomic mass is 9.96. The van der Waals surface area contributed by atoms with Crippen LogP contribution in [-0.4, -0.2) is 24.7 Å². The van der Waals surface area contributed by atoms with E-state index in [1.165, 1.54) is 11.1 Å². The Morgan fingerprint density at radius 2 is 2.04 bits per heavy atom. The van der Waals surface area contributed by atoms with E-state index >= 15 is 0 Å². The summed E-state index contributed by atoms with van der Waals surface area (Å²) in [6, 6.07) is 13.9. The van der Waals surface area contributed by atoms with Crippen molar-refractivity contribution < 1.29 is 14.6 Å². The number of fused-ring (bicyclic) bond motifs is 1. The second kappa shape index (κ2) is 7.14. The summed E-state index contributed by atoms with van der Waals surface area (Å²) in [5, 5.41) is 9.73. The van der Waals surface area contributed by atoms with E-state index in [4.69, 9.17) is 21.4 Å². The van der Waals surface area contributed by atoms with E-state index in [2.05, 4.69) is 11.0 Å². The SMILES string of the molecule is COc1ccc2c(c1)C(CCC(=O)O)CN2Cc1ccc(Cl)cc1. The minimum absolute atomic E-state index is 0.177. The molecule has 24 heavy (non-hydrogen) atoms. The molecule has 0 fully saturated rings. The van der Waals surface area contributed by atoms with Crippen LogP contribution in [0.1, 0.15) is 29.9 Å². The van der Waals surface area contributed by atoms with Crippen LogP contribution in [0.15, 0.2) is 42.5 Å². The highest BCUT2D eigenvalue weighted by molar-refractivity contribution is 6.30. The quantitative estimate of drug-likeness (QED) is 0.847. The van der Waals surface area contributed by atoms with Crippen LogP contribution in [-0.2, 0) is 11.3 Å². The van der Waals surface area contributed by atoms with Crippen molar-refractivity contribution >= 4 is 23.3 Å². The van der Waals surface area contributed by atoms with Crippen LogP contribution in [0, 0.1) is 0 Å². The number of benzene rings is 2. The first-order chi connectivity index (χ1) is 11.6. The van der Waals surface area contributed by atoms with Gasteiger partial charge in [-0.05, 0) is 47.9 Å². The Labute approximate surface area is 146 Å². The number of carboxylic acids is 1. The smallest absolute Gasteiger partial charge is 0.303 e. The predicted octanol–water partition coefficient (Wildman–Crippen LogP) is 4.32. The molecular weight excluding hydrogens is 326 g/mol. The zero-order valence-electron chi connectivity index (χ0n) is 13.5. The molecule has 1 aliphatic heterocycles. The lowest BCUT2D eigenvalue weighted by Gasteiger charge is -2.20. The molecule has 0 bridgehead atoms. The van der Waals surface area contributed by atoms with Crippen LogP contribution in [0.3, 0.4) is 0 Å². The van der Waals surface area contributed by atoms with Gasteiger partial charge >= 0.3 is 5.97 Å². The number of aliphatic carboxylic acids is 1. The fourth-order valence-electron chi connectivity index (χ4n) is 3.24. The number of nitrogens with zero attached hydrogens (tertiary/aromatic N) is 1. The summed E-state index contributed by atoms with van der Waals surface area (Å²) in [5.74, 6) is 0.261. The van der Waals surface area contributed by atoms with E-state index < -0.39 is 5.97 Å². The molecule has 0 saturated carbocycles. The molecule has 1 atom stereocenters. The molecule has 0 aromatic heterocycles. The zero-order valence-corrected chi connectivity index (χ0v) is 14.3.